The third kappa shape index (κ3) is 2.85. The van der Waals surface area contributed by atoms with Gasteiger partial charge in [0.15, 0.2) is 11.6 Å². The molecule has 0 radical (unpaired) electrons. The van der Waals surface area contributed by atoms with Crippen LogP contribution in [0.4, 0.5) is 8.78 Å². The average Bonchev–Trinajstić information content (AvgIpc) is 2.77. The SMILES string of the molecule is N[C@@H]1CCN(C(=O)CCc2cccc(F)c2F)C1. The van der Waals surface area contributed by atoms with Gasteiger partial charge in [-0.25, -0.2) is 8.78 Å². The summed E-state index contributed by atoms with van der Waals surface area (Å²) in [6.45, 7) is 1.22. The summed E-state index contributed by atoms with van der Waals surface area (Å²) in [6.07, 6.45) is 1.21. The summed E-state index contributed by atoms with van der Waals surface area (Å²) in [5.41, 5.74) is 5.95. The first-order valence-electron chi connectivity index (χ1n) is 6.04. The van der Waals surface area contributed by atoms with Crippen LogP contribution in [0.3, 0.4) is 0 Å². The lowest BCUT2D eigenvalue weighted by molar-refractivity contribution is -0.130. The fourth-order valence-corrected chi connectivity index (χ4v) is 2.16. The molecule has 0 unspecified atom stereocenters. The molecule has 1 aliphatic heterocycles. The van der Waals surface area contributed by atoms with Crippen molar-refractivity contribution in [3.63, 3.8) is 0 Å². The van der Waals surface area contributed by atoms with E-state index in [1.54, 1.807) is 4.90 Å². The van der Waals surface area contributed by atoms with Crippen LogP contribution in [0, 0.1) is 11.6 Å². The molecule has 1 heterocycles. The van der Waals surface area contributed by atoms with E-state index in [4.69, 9.17) is 5.73 Å². The third-order valence-electron chi connectivity index (χ3n) is 3.22. The molecule has 1 fully saturated rings. The minimum absolute atomic E-state index is 0.0415. The highest BCUT2D eigenvalue weighted by atomic mass is 19.2. The number of nitrogens with two attached hydrogens (primary N) is 1. The van der Waals surface area contributed by atoms with E-state index in [-0.39, 0.29) is 30.4 Å². The van der Waals surface area contributed by atoms with Gasteiger partial charge in [0.05, 0.1) is 0 Å². The summed E-state index contributed by atoms with van der Waals surface area (Å²) < 4.78 is 26.3. The van der Waals surface area contributed by atoms with Gasteiger partial charge in [0.1, 0.15) is 0 Å². The van der Waals surface area contributed by atoms with E-state index in [0.717, 1.165) is 12.5 Å². The Labute approximate surface area is 105 Å². The molecule has 1 saturated heterocycles. The number of halogens is 2. The molecule has 3 nitrogen and oxygen atoms in total. The first-order valence-corrected chi connectivity index (χ1v) is 6.04. The summed E-state index contributed by atoms with van der Waals surface area (Å²) >= 11 is 0. The van der Waals surface area contributed by atoms with E-state index in [1.165, 1.54) is 12.1 Å². The van der Waals surface area contributed by atoms with Gasteiger partial charge in [0, 0.05) is 25.6 Å². The van der Waals surface area contributed by atoms with Crippen LogP contribution in [0.1, 0.15) is 18.4 Å². The van der Waals surface area contributed by atoms with Crippen LogP contribution in [0.25, 0.3) is 0 Å². The molecule has 1 aliphatic rings. The van der Waals surface area contributed by atoms with Crippen LogP contribution in [0.5, 0.6) is 0 Å². The number of amides is 1. The van der Waals surface area contributed by atoms with E-state index < -0.39 is 11.6 Å². The molecule has 1 aromatic carbocycles. The number of nitrogens with zero attached hydrogens (tertiary/aromatic N) is 1. The van der Waals surface area contributed by atoms with Gasteiger partial charge in [-0.3, -0.25) is 4.79 Å². The topological polar surface area (TPSA) is 46.3 Å². The van der Waals surface area contributed by atoms with Gasteiger partial charge in [0.2, 0.25) is 5.91 Å². The van der Waals surface area contributed by atoms with E-state index in [9.17, 15) is 13.6 Å². The van der Waals surface area contributed by atoms with E-state index in [2.05, 4.69) is 0 Å². The molecule has 2 N–H and O–H groups in total. The Kier molecular flexibility index (Phi) is 3.91. The first-order chi connectivity index (χ1) is 8.58. The largest absolute Gasteiger partial charge is 0.341 e. The zero-order valence-corrected chi connectivity index (χ0v) is 10.0. The summed E-state index contributed by atoms with van der Waals surface area (Å²) in [5.74, 6) is -1.78. The zero-order chi connectivity index (χ0) is 13.1. The highest BCUT2D eigenvalue weighted by Gasteiger charge is 2.23. The number of carbonyl (C=O) groups is 1. The summed E-state index contributed by atoms with van der Waals surface area (Å²) in [6, 6.07) is 4.06. The monoisotopic (exact) mass is 254 g/mol. The van der Waals surface area contributed by atoms with Crippen molar-refractivity contribution in [1.82, 2.24) is 4.90 Å². The van der Waals surface area contributed by atoms with Gasteiger partial charge >= 0.3 is 0 Å². The minimum Gasteiger partial charge on any atom is -0.341 e. The Hall–Kier alpha value is -1.49. The molecule has 18 heavy (non-hydrogen) atoms. The van der Waals surface area contributed by atoms with Crippen LogP contribution >= 0.6 is 0 Å². The second-order valence-corrected chi connectivity index (χ2v) is 4.60. The Bertz CT molecular complexity index is 451. The van der Waals surface area contributed by atoms with Crippen molar-refractivity contribution in [2.24, 2.45) is 5.73 Å². The standard InChI is InChI=1S/C13H16F2N2O/c14-11-3-1-2-9(13(11)15)4-5-12(18)17-7-6-10(16)8-17/h1-3,10H,4-8,16H2/t10-/m1/s1. The maximum absolute atomic E-state index is 13.4. The molecule has 1 amide bonds. The van der Waals surface area contributed by atoms with Gasteiger partial charge in [-0.15, -0.1) is 0 Å². The van der Waals surface area contributed by atoms with Gasteiger partial charge in [-0.05, 0) is 24.5 Å². The molecule has 0 bridgehead atoms. The predicted molar refractivity (Wildman–Crippen MR) is 63.9 cm³/mol. The van der Waals surface area contributed by atoms with Crippen LogP contribution in [0.2, 0.25) is 0 Å². The second kappa shape index (κ2) is 5.44. The molecule has 1 atom stereocenters. The third-order valence-corrected chi connectivity index (χ3v) is 3.22. The van der Waals surface area contributed by atoms with E-state index >= 15 is 0 Å². The van der Waals surface area contributed by atoms with Crippen molar-refractivity contribution >= 4 is 5.91 Å². The van der Waals surface area contributed by atoms with E-state index in [1.807, 2.05) is 0 Å². The maximum atomic E-state index is 13.4. The highest BCUT2D eigenvalue weighted by molar-refractivity contribution is 5.76. The number of rotatable bonds is 3. The fraction of sp³-hybridized carbons (Fsp3) is 0.462. The normalized spacial score (nSPS) is 19.3. The first kappa shape index (κ1) is 13.0. The number of hydrogen-bond donors (Lipinski definition) is 1. The minimum atomic E-state index is -0.872. The molecule has 5 heteroatoms. The average molecular weight is 254 g/mol. The number of aryl methyl sites for hydroxylation is 1. The second-order valence-electron chi connectivity index (χ2n) is 4.60. The molecule has 1 aromatic rings. The number of likely N-dealkylation sites (tertiary alicyclic amines) is 1. The Morgan fingerprint density at radius 2 is 2.22 bits per heavy atom. The number of benzene rings is 1. The molecular formula is C13H16F2N2O. The lowest BCUT2D eigenvalue weighted by atomic mass is 10.1. The molecule has 0 saturated carbocycles. The summed E-state index contributed by atoms with van der Waals surface area (Å²) in [5, 5.41) is 0. The van der Waals surface area contributed by atoms with Crippen LogP contribution < -0.4 is 5.73 Å². The molecule has 98 valence electrons. The van der Waals surface area contributed by atoms with Crippen molar-refractivity contribution in [3.05, 3.63) is 35.4 Å². The summed E-state index contributed by atoms with van der Waals surface area (Å²) in [4.78, 5) is 13.5. The van der Waals surface area contributed by atoms with Crippen LogP contribution in [-0.4, -0.2) is 29.9 Å². The van der Waals surface area contributed by atoms with Crippen LogP contribution in [0.15, 0.2) is 18.2 Å². The molecule has 0 aliphatic carbocycles. The highest BCUT2D eigenvalue weighted by Crippen LogP contribution is 2.15. The Morgan fingerprint density at radius 3 is 2.89 bits per heavy atom. The lowest BCUT2D eigenvalue weighted by Crippen LogP contribution is -2.32. The van der Waals surface area contributed by atoms with Crippen LogP contribution in [-0.2, 0) is 11.2 Å². The summed E-state index contributed by atoms with van der Waals surface area (Å²) in [7, 11) is 0. The molecular weight excluding hydrogens is 238 g/mol. The van der Waals surface area contributed by atoms with Gasteiger partial charge in [-0.1, -0.05) is 12.1 Å². The van der Waals surface area contributed by atoms with Crippen molar-refractivity contribution < 1.29 is 13.6 Å². The maximum Gasteiger partial charge on any atom is 0.222 e. The van der Waals surface area contributed by atoms with E-state index in [0.29, 0.717) is 13.1 Å². The van der Waals surface area contributed by atoms with Gasteiger partial charge in [-0.2, -0.15) is 0 Å². The van der Waals surface area contributed by atoms with Crippen molar-refractivity contribution in [2.45, 2.75) is 25.3 Å². The van der Waals surface area contributed by atoms with Crippen molar-refractivity contribution in [2.75, 3.05) is 13.1 Å². The lowest BCUT2D eigenvalue weighted by Gasteiger charge is -2.15. The van der Waals surface area contributed by atoms with Crippen molar-refractivity contribution in [1.29, 1.82) is 0 Å². The smallest absolute Gasteiger partial charge is 0.222 e. The predicted octanol–water partition coefficient (Wildman–Crippen LogP) is 1.46. The van der Waals surface area contributed by atoms with Gasteiger partial charge < -0.3 is 10.6 Å². The van der Waals surface area contributed by atoms with Crippen molar-refractivity contribution in [3.8, 4) is 0 Å². The fourth-order valence-electron chi connectivity index (χ4n) is 2.16. The number of hydrogen-bond acceptors (Lipinski definition) is 2. The quantitative estimate of drug-likeness (QED) is 0.887. The number of carbonyl (C=O) groups excluding carboxylic acids is 1. The molecule has 0 spiro atoms. The zero-order valence-electron chi connectivity index (χ0n) is 10.0. The molecule has 0 aromatic heterocycles. The Balaban J connectivity index is 1.91. The van der Waals surface area contributed by atoms with Gasteiger partial charge in [0.25, 0.3) is 0 Å². The molecule has 2 rings (SSSR count). The Morgan fingerprint density at radius 1 is 1.44 bits per heavy atom.